The lowest BCUT2D eigenvalue weighted by atomic mass is 10.2. The second kappa shape index (κ2) is 7.35. The van der Waals surface area contributed by atoms with E-state index in [0.29, 0.717) is 11.4 Å². The Balaban J connectivity index is 1.67. The van der Waals surface area contributed by atoms with E-state index in [1.807, 2.05) is 30.3 Å². The molecule has 0 radical (unpaired) electrons. The topological polar surface area (TPSA) is 77.8 Å². The van der Waals surface area contributed by atoms with Crippen LogP contribution in [0, 0.1) is 0 Å². The minimum atomic E-state index is -0.531. The Morgan fingerprint density at radius 2 is 1.68 bits per heavy atom. The third-order valence-electron chi connectivity index (χ3n) is 3.33. The van der Waals surface area contributed by atoms with E-state index in [2.05, 4.69) is 5.32 Å². The Hall–Kier alpha value is -3.54. The van der Waals surface area contributed by atoms with Crippen LogP contribution in [0.15, 0.2) is 76.1 Å². The molecule has 0 fully saturated rings. The summed E-state index contributed by atoms with van der Waals surface area (Å²) < 4.78 is 15.6. The van der Waals surface area contributed by atoms with Crippen molar-refractivity contribution < 1.29 is 18.7 Å². The van der Waals surface area contributed by atoms with Crippen LogP contribution < -0.4 is 20.2 Å². The molecular formula is C19H15NO5. The fourth-order valence-electron chi connectivity index (χ4n) is 2.09. The number of para-hydroxylation sites is 1. The zero-order chi connectivity index (χ0) is 17.6. The molecule has 6 nitrogen and oxygen atoms in total. The third kappa shape index (κ3) is 4.06. The highest BCUT2D eigenvalue weighted by molar-refractivity contribution is 6.02. The summed E-state index contributed by atoms with van der Waals surface area (Å²) in [5.41, 5.74) is 0.120. The summed E-state index contributed by atoms with van der Waals surface area (Å²) in [5.74, 6) is 0.769. The number of hydrogen-bond acceptors (Lipinski definition) is 5. The van der Waals surface area contributed by atoms with Gasteiger partial charge in [-0.05, 0) is 36.4 Å². The summed E-state index contributed by atoms with van der Waals surface area (Å²) in [5, 5.41) is 2.65. The Kier molecular flexibility index (Phi) is 4.80. The van der Waals surface area contributed by atoms with Gasteiger partial charge in [0.05, 0.1) is 7.11 Å². The van der Waals surface area contributed by atoms with Crippen molar-refractivity contribution in [1.82, 2.24) is 0 Å². The molecule has 0 unspecified atom stereocenters. The van der Waals surface area contributed by atoms with E-state index in [4.69, 9.17) is 13.9 Å². The van der Waals surface area contributed by atoms with Crippen LogP contribution in [0.1, 0.15) is 10.6 Å². The number of methoxy groups -OCH3 is 1. The van der Waals surface area contributed by atoms with Crippen molar-refractivity contribution in [2.24, 2.45) is 0 Å². The van der Waals surface area contributed by atoms with E-state index in [1.165, 1.54) is 7.11 Å². The van der Waals surface area contributed by atoms with E-state index < -0.39 is 11.3 Å². The zero-order valence-electron chi connectivity index (χ0n) is 13.4. The third-order valence-corrected chi connectivity index (χ3v) is 3.33. The predicted molar refractivity (Wildman–Crippen MR) is 92.4 cm³/mol. The molecule has 0 spiro atoms. The lowest BCUT2D eigenvalue weighted by Gasteiger charge is -2.08. The van der Waals surface area contributed by atoms with Crippen molar-refractivity contribution in [2.45, 2.75) is 0 Å². The highest BCUT2D eigenvalue weighted by atomic mass is 16.5. The molecule has 2 aromatic carbocycles. The molecule has 0 saturated heterocycles. The minimum Gasteiger partial charge on any atom is -0.490 e. The summed E-state index contributed by atoms with van der Waals surface area (Å²) in [7, 11) is 1.35. The van der Waals surface area contributed by atoms with Crippen molar-refractivity contribution in [2.75, 3.05) is 12.4 Å². The van der Waals surface area contributed by atoms with Gasteiger partial charge in [0.25, 0.3) is 5.91 Å². The minimum absolute atomic E-state index is 0.0407. The molecule has 6 heteroatoms. The first-order valence-electron chi connectivity index (χ1n) is 7.47. The van der Waals surface area contributed by atoms with Crippen LogP contribution >= 0.6 is 0 Å². The molecule has 25 heavy (non-hydrogen) atoms. The molecule has 3 rings (SSSR count). The van der Waals surface area contributed by atoms with Gasteiger partial charge in [-0.1, -0.05) is 18.2 Å². The number of carbonyl (C=O) groups excluding carboxylic acids is 1. The first-order valence-corrected chi connectivity index (χ1v) is 7.47. The highest BCUT2D eigenvalue weighted by Crippen LogP contribution is 2.22. The van der Waals surface area contributed by atoms with E-state index in [1.54, 1.807) is 24.3 Å². The Labute approximate surface area is 143 Å². The van der Waals surface area contributed by atoms with Gasteiger partial charge < -0.3 is 19.2 Å². The van der Waals surface area contributed by atoms with Crippen molar-refractivity contribution >= 4 is 11.6 Å². The van der Waals surface area contributed by atoms with Gasteiger partial charge in [-0.3, -0.25) is 9.59 Å². The number of carbonyl (C=O) groups is 1. The number of amides is 1. The molecule has 1 heterocycles. The van der Waals surface area contributed by atoms with E-state index >= 15 is 0 Å². The maximum Gasteiger partial charge on any atom is 0.291 e. The van der Waals surface area contributed by atoms with Crippen LogP contribution in [0.2, 0.25) is 0 Å². The van der Waals surface area contributed by atoms with Gasteiger partial charge in [0.1, 0.15) is 17.8 Å². The molecule has 126 valence electrons. The fourth-order valence-corrected chi connectivity index (χ4v) is 2.09. The average molecular weight is 337 g/mol. The molecule has 0 aliphatic rings. The number of anilines is 1. The van der Waals surface area contributed by atoms with Crippen LogP contribution in [0.4, 0.5) is 5.69 Å². The highest BCUT2D eigenvalue weighted by Gasteiger charge is 2.12. The van der Waals surface area contributed by atoms with E-state index in [-0.39, 0.29) is 11.5 Å². The average Bonchev–Trinajstić information content (AvgIpc) is 2.64. The maximum absolute atomic E-state index is 12.1. The van der Waals surface area contributed by atoms with Crippen molar-refractivity contribution in [1.29, 1.82) is 0 Å². The second-order valence-corrected chi connectivity index (χ2v) is 5.07. The molecular weight excluding hydrogens is 322 g/mol. The van der Waals surface area contributed by atoms with Gasteiger partial charge in [0.2, 0.25) is 11.2 Å². The molecule has 0 aliphatic heterocycles. The number of hydrogen-bond donors (Lipinski definition) is 1. The van der Waals surface area contributed by atoms with Crippen molar-refractivity contribution in [3.8, 4) is 17.2 Å². The zero-order valence-corrected chi connectivity index (χ0v) is 13.4. The van der Waals surface area contributed by atoms with Crippen molar-refractivity contribution in [3.63, 3.8) is 0 Å². The van der Waals surface area contributed by atoms with Gasteiger partial charge in [-0.2, -0.15) is 0 Å². The molecule has 1 amide bonds. The summed E-state index contributed by atoms with van der Waals surface area (Å²) in [4.78, 5) is 23.8. The Morgan fingerprint density at radius 1 is 1.00 bits per heavy atom. The Morgan fingerprint density at radius 3 is 2.32 bits per heavy atom. The van der Waals surface area contributed by atoms with Gasteiger partial charge >= 0.3 is 0 Å². The summed E-state index contributed by atoms with van der Waals surface area (Å²) >= 11 is 0. The molecule has 1 aromatic heterocycles. The number of nitrogens with one attached hydrogen (secondary N) is 1. The van der Waals surface area contributed by atoms with Crippen LogP contribution in [0.25, 0.3) is 0 Å². The van der Waals surface area contributed by atoms with Crippen molar-refractivity contribution in [3.05, 3.63) is 82.9 Å². The standard InChI is InChI=1S/C19H15NO5/c1-23-18-12-24-17(11-16(18)21)19(22)20-13-7-9-15(10-8-13)25-14-5-3-2-4-6-14/h2-12H,1H3,(H,20,22). The number of benzene rings is 2. The van der Waals surface area contributed by atoms with Gasteiger partial charge in [0.15, 0.2) is 5.76 Å². The largest absolute Gasteiger partial charge is 0.490 e. The predicted octanol–water partition coefficient (Wildman–Crippen LogP) is 3.69. The number of rotatable bonds is 5. The lowest BCUT2D eigenvalue weighted by Crippen LogP contribution is -2.15. The van der Waals surface area contributed by atoms with E-state index in [9.17, 15) is 9.59 Å². The lowest BCUT2D eigenvalue weighted by molar-refractivity contribution is 0.0993. The SMILES string of the molecule is COc1coc(C(=O)Nc2ccc(Oc3ccccc3)cc2)cc1=O. The molecule has 0 saturated carbocycles. The fraction of sp³-hybridized carbons (Fsp3) is 0.0526. The first kappa shape index (κ1) is 16.3. The number of ether oxygens (including phenoxy) is 2. The van der Waals surface area contributed by atoms with Crippen LogP contribution in [-0.4, -0.2) is 13.0 Å². The first-order chi connectivity index (χ1) is 12.2. The normalized spacial score (nSPS) is 10.1. The van der Waals surface area contributed by atoms with Gasteiger partial charge in [-0.15, -0.1) is 0 Å². The molecule has 3 aromatic rings. The molecule has 0 atom stereocenters. The molecule has 0 aliphatic carbocycles. The summed E-state index contributed by atoms with van der Waals surface area (Å²) in [6.07, 6.45) is 1.11. The summed E-state index contributed by atoms with van der Waals surface area (Å²) in [6.45, 7) is 0. The molecule has 1 N–H and O–H groups in total. The quantitative estimate of drug-likeness (QED) is 0.768. The van der Waals surface area contributed by atoms with Gasteiger partial charge in [-0.25, -0.2) is 0 Å². The monoisotopic (exact) mass is 337 g/mol. The maximum atomic E-state index is 12.1. The smallest absolute Gasteiger partial charge is 0.291 e. The van der Waals surface area contributed by atoms with Crippen LogP contribution in [0.5, 0.6) is 17.2 Å². The second-order valence-electron chi connectivity index (χ2n) is 5.07. The van der Waals surface area contributed by atoms with E-state index in [0.717, 1.165) is 18.1 Å². The van der Waals surface area contributed by atoms with Crippen LogP contribution in [-0.2, 0) is 0 Å². The Bertz CT molecular complexity index is 917. The van der Waals surface area contributed by atoms with Crippen LogP contribution in [0.3, 0.4) is 0 Å². The summed E-state index contributed by atoms with van der Waals surface area (Å²) in [6, 6.07) is 17.3. The van der Waals surface area contributed by atoms with Gasteiger partial charge in [0, 0.05) is 11.8 Å². The molecule has 0 bridgehead atoms.